The summed E-state index contributed by atoms with van der Waals surface area (Å²) in [4.78, 5) is 4.29. The van der Waals surface area contributed by atoms with Gasteiger partial charge in [-0.25, -0.2) is 4.98 Å². The minimum Gasteiger partial charge on any atom is -0.377 e. The Morgan fingerprint density at radius 3 is 2.75 bits per heavy atom. The van der Waals surface area contributed by atoms with Crippen molar-refractivity contribution in [2.45, 2.75) is 57.6 Å². The summed E-state index contributed by atoms with van der Waals surface area (Å²) in [5, 5.41) is 4.12. The second-order valence-corrected chi connectivity index (χ2v) is 5.60. The third kappa shape index (κ3) is 3.77. The highest BCUT2D eigenvalue weighted by Crippen LogP contribution is 2.30. The molecule has 0 spiro atoms. The summed E-state index contributed by atoms with van der Waals surface area (Å²) in [6, 6.07) is 0.0842. The molecule has 1 saturated carbocycles. The molecule has 2 unspecified atom stereocenters. The molecule has 6 heteroatoms. The SMILES string of the molecule is CCOC(C1CCCCC1)C(Cc1ncnn1C)NN. The molecule has 1 fully saturated rings. The zero-order valence-electron chi connectivity index (χ0n) is 12.6. The normalized spacial score (nSPS) is 19.9. The Labute approximate surface area is 121 Å². The zero-order valence-corrected chi connectivity index (χ0v) is 12.6. The molecule has 0 aliphatic heterocycles. The van der Waals surface area contributed by atoms with Crippen molar-refractivity contribution in [3.05, 3.63) is 12.2 Å². The molecule has 1 aliphatic carbocycles. The second-order valence-electron chi connectivity index (χ2n) is 5.60. The van der Waals surface area contributed by atoms with Crippen LogP contribution >= 0.6 is 0 Å². The number of hydrazine groups is 1. The third-order valence-electron chi connectivity index (χ3n) is 4.29. The molecule has 6 nitrogen and oxygen atoms in total. The van der Waals surface area contributed by atoms with E-state index in [0.29, 0.717) is 5.92 Å². The van der Waals surface area contributed by atoms with E-state index in [4.69, 9.17) is 10.6 Å². The standard InChI is InChI=1S/C14H27N5O/c1-3-20-14(11-7-5-4-6-8-11)12(18-15)9-13-16-10-17-19(13)2/h10-12,14,18H,3-9,15H2,1-2H3. The van der Waals surface area contributed by atoms with E-state index in [1.807, 2.05) is 14.0 Å². The van der Waals surface area contributed by atoms with E-state index in [9.17, 15) is 0 Å². The molecule has 2 atom stereocenters. The fraction of sp³-hybridized carbons (Fsp3) is 0.857. The average Bonchev–Trinajstić information content (AvgIpc) is 2.89. The Balaban J connectivity index is 2.05. The van der Waals surface area contributed by atoms with Gasteiger partial charge in [0.15, 0.2) is 0 Å². The molecule has 1 aromatic rings. The number of aryl methyl sites for hydroxylation is 1. The van der Waals surface area contributed by atoms with Gasteiger partial charge in [0.25, 0.3) is 0 Å². The van der Waals surface area contributed by atoms with Crippen LogP contribution in [0.25, 0.3) is 0 Å². The minimum absolute atomic E-state index is 0.0842. The first-order valence-corrected chi connectivity index (χ1v) is 7.66. The van der Waals surface area contributed by atoms with Crippen LogP contribution in [-0.2, 0) is 18.2 Å². The van der Waals surface area contributed by atoms with E-state index in [2.05, 4.69) is 15.5 Å². The summed E-state index contributed by atoms with van der Waals surface area (Å²) in [5.41, 5.74) is 2.94. The number of hydrogen-bond acceptors (Lipinski definition) is 5. The molecule has 2 rings (SSSR count). The molecule has 114 valence electrons. The van der Waals surface area contributed by atoms with Crippen molar-refractivity contribution < 1.29 is 4.74 Å². The number of aromatic nitrogens is 3. The van der Waals surface area contributed by atoms with Gasteiger partial charge in [-0.15, -0.1) is 0 Å². The fourth-order valence-electron chi connectivity index (χ4n) is 3.21. The molecular weight excluding hydrogens is 254 g/mol. The molecular formula is C14H27N5O. The van der Waals surface area contributed by atoms with Crippen LogP contribution in [0.5, 0.6) is 0 Å². The summed E-state index contributed by atoms with van der Waals surface area (Å²) >= 11 is 0. The highest BCUT2D eigenvalue weighted by molar-refractivity contribution is 4.94. The summed E-state index contributed by atoms with van der Waals surface area (Å²) in [6.07, 6.45) is 8.91. The van der Waals surface area contributed by atoms with E-state index in [0.717, 1.165) is 18.9 Å². The molecule has 20 heavy (non-hydrogen) atoms. The summed E-state index contributed by atoms with van der Waals surface area (Å²) in [5.74, 6) is 7.32. The van der Waals surface area contributed by atoms with Crippen molar-refractivity contribution in [2.24, 2.45) is 18.8 Å². The van der Waals surface area contributed by atoms with E-state index >= 15 is 0 Å². The molecule has 3 N–H and O–H groups in total. The Hall–Kier alpha value is -0.980. The summed E-state index contributed by atoms with van der Waals surface area (Å²) < 4.78 is 7.82. The van der Waals surface area contributed by atoms with Crippen molar-refractivity contribution in [1.29, 1.82) is 0 Å². The Morgan fingerprint density at radius 2 is 2.20 bits per heavy atom. The predicted octanol–water partition coefficient (Wildman–Crippen LogP) is 1.17. The van der Waals surface area contributed by atoms with Gasteiger partial charge in [0.05, 0.1) is 12.1 Å². The van der Waals surface area contributed by atoms with Crippen molar-refractivity contribution in [2.75, 3.05) is 6.61 Å². The Bertz CT molecular complexity index is 389. The molecule has 0 radical (unpaired) electrons. The van der Waals surface area contributed by atoms with Gasteiger partial charge in [0.1, 0.15) is 12.2 Å². The van der Waals surface area contributed by atoms with Crippen LogP contribution in [0.15, 0.2) is 6.33 Å². The van der Waals surface area contributed by atoms with Crippen LogP contribution in [0.3, 0.4) is 0 Å². The molecule has 0 saturated heterocycles. The maximum Gasteiger partial charge on any atom is 0.138 e. The van der Waals surface area contributed by atoms with Gasteiger partial charge in [0, 0.05) is 20.1 Å². The highest BCUT2D eigenvalue weighted by atomic mass is 16.5. The first kappa shape index (κ1) is 15.4. The monoisotopic (exact) mass is 281 g/mol. The van der Waals surface area contributed by atoms with Crippen molar-refractivity contribution in [3.8, 4) is 0 Å². The Morgan fingerprint density at radius 1 is 1.45 bits per heavy atom. The van der Waals surface area contributed by atoms with Gasteiger partial charge in [-0.05, 0) is 25.7 Å². The van der Waals surface area contributed by atoms with E-state index in [-0.39, 0.29) is 12.1 Å². The topological polar surface area (TPSA) is 78.0 Å². The van der Waals surface area contributed by atoms with E-state index in [1.54, 1.807) is 11.0 Å². The van der Waals surface area contributed by atoms with Gasteiger partial charge in [-0.1, -0.05) is 19.3 Å². The lowest BCUT2D eigenvalue weighted by molar-refractivity contribution is -0.0180. The average molecular weight is 281 g/mol. The minimum atomic E-state index is 0.0842. The fourth-order valence-corrected chi connectivity index (χ4v) is 3.21. The van der Waals surface area contributed by atoms with Gasteiger partial charge in [0.2, 0.25) is 0 Å². The van der Waals surface area contributed by atoms with Crippen molar-refractivity contribution >= 4 is 0 Å². The number of rotatable bonds is 7. The Kier molecular flexibility index (Phi) is 5.94. The first-order valence-electron chi connectivity index (χ1n) is 7.66. The molecule has 1 heterocycles. The number of hydrogen-bond donors (Lipinski definition) is 2. The smallest absolute Gasteiger partial charge is 0.138 e. The molecule has 0 amide bonds. The van der Waals surface area contributed by atoms with Gasteiger partial charge in [-0.3, -0.25) is 16.0 Å². The number of ether oxygens (including phenoxy) is 1. The van der Waals surface area contributed by atoms with Crippen molar-refractivity contribution in [3.63, 3.8) is 0 Å². The van der Waals surface area contributed by atoms with Crippen LogP contribution in [-0.4, -0.2) is 33.5 Å². The van der Waals surface area contributed by atoms with Gasteiger partial charge in [-0.2, -0.15) is 5.10 Å². The third-order valence-corrected chi connectivity index (χ3v) is 4.29. The zero-order chi connectivity index (χ0) is 14.4. The highest BCUT2D eigenvalue weighted by Gasteiger charge is 2.31. The molecule has 1 aliphatic rings. The largest absolute Gasteiger partial charge is 0.377 e. The van der Waals surface area contributed by atoms with Crippen LogP contribution in [0.1, 0.15) is 44.9 Å². The number of nitrogens with zero attached hydrogens (tertiary/aromatic N) is 3. The predicted molar refractivity (Wildman–Crippen MR) is 77.8 cm³/mol. The van der Waals surface area contributed by atoms with Crippen molar-refractivity contribution in [1.82, 2.24) is 20.2 Å². The van der Waals surface area contributed by atoms with Crippen LogP contribution in [0.4, 0.5) is 0 Å². The van der Waals surface area contributed by atoms with E-state index in [1.165, 1.54) is 32.1 Å². The molecule has 0 bridgehead atoms. The van der Waals surface area contributed by atoms with Crippen LogP contribution in [0, 0.1) is 5.92 Å². The first-order chi connectivity index (χ1) is 9.76. The van der Waals surface area contributed by atoms with Crippen LogP contribution < -0.4 is 11.3 Å². The summed E-state index contributed by atoms with van der Waals surface area (Å²) in [7, 11) is 1.91. The lowest BCUT2D eigenvalue weighted by Crippen LogP contribution is -2.50. The lowest BCUT2D eigenvalue weighted by Gasteiger charge is -2.35. The van der Waals surface area contributed by atoms with E-state index < -0.39 is 0 Å². The second kappa shape index (κ2) is 7.71. The van der Waals surface area contributed by atoms with Crippen LogP contribution in [0.2, 0.25) is 0 Å². The summed E-state index contributed by atoms with van der Waals surface area (Å²) in [6.45, 7) is 2.77. The van der Waals surface area contributed by atoms with Gasteiger partial charge < -0.3 is 4.74 Å². The number of nitrogens with two attached hydrogens (primary N) is 1. The maximum absolute atomic E-state index is 6.02. The molecule has 1 aromatic heterocycles. The van der Waals surface area contributed by atoms with Gasteiger partial charge >= 0.3 is 0 Å². The quantitative estimate of drug-likeness (QED) is 0.579. The molecule has 0 aromatic carbocycles. The lowest BCUT2D eigenvalue weighted by atomic mass is 9.82. The number of nitrogens with one attached hydrogen (secondary N) is 1. The maximum atomic E-state index is 6.02.